The van der Waals surface area contributed by atoms with Gasteiger partial charge in [-0.25, -0.2) is 0 Å². The minimum atomic E-state index is -0.140. The largest absolute Gasteiger partial charge is 0.411 e. The average Bonchev–Trinajstić information content (AvgIpc) is 2.06. The minimum Gasteiger partial charge on any atom is -0.411 e. The van der Waals surface area contributed by atoms with Gasteiger partial charge in [-0.1, -0.05) is 5.16 Å². The summed E-state index contributed by atoms with van der Waals surface area (Å²) < 4.78 is 10.4. The van der Waals surface area contributed by atoms with E-state index in [1.54, 1.807) is 0 Å². The molecule has 0 aliphatic carbocycles. The molecule has 0 aromatic heterocycles. The molecule has 4 heteroatoms. The van der Waals surface area contributed by atoms with E-state index in [9.17, 15) is 0 Å². The standard InChI is InChI=1S/C7H13NO3/c1-2-11-7-5-10-4-3-6(7)8-9/h7,9H,2-5H2,1H3/b8-6-. The Morgan fingerprint density at radius 3 is 3.27 bits per heavy atom. The van der Waals surface area contributed by atoms with Crippen LogP contribution in [0, 0.1) is 0 Å². The van der Waals surface area contributed by atoms with Crippen molar-refractivity contribution in [2.24, 2.45) is 5.16 Å². The zero-order valence-corrected chi connectivity index (χ0v) is 6.62. The Morgan fingerprint density at radius 2 is 2.64 bits per heavy atom. The van der Waals surface area contributed by atoms with Gasteiger partial charge in [0, 0.05) is 13.0 Å². The Labute approximate surface area is 65.8 Å². The average molecular weight is 159 g/mol. The lowest BCUT2D eigenvalue weighted by molar-refractivity contribution is 0.00711. The first-order valence-corrected chi connectivity index (χ1v) is 3.78. The summed E-state index contributed by atoms with van der Waals surface area (Å²) in [6, 6.07) is 0. The molecule has 0 amide bonds. The molecular weight excluding hydrogens is 146 g/mol. The Bertz CT molecular complexity index is 145. The van der Waals surface area contributed by atoms with E-state index in [2.05, 4.69) is 5.16 Å². The van der Waals surface area contributed by atoms with Crippen molar-refractivity contribution < 1.29 is 14.7 Å². The number of hydrogen-bond acceptors (Lipinski definition) is 4. The number of rotatable bonds is 2. The monoisotopic (exact) mass is 159 g/mol. The van der Waals surface area contributed by atoms with Crippen molar-refractivity contribution in [3.05, 3.63) is 0 Å². The van der Waals surface area contributed by atoms with Crippen LogP contribution in [0.3, 0.4) is 0 Å². The number of nitrogens with zero attached hydrogens (tertiary/aromatic N) is 1. The van der Waals surface area contributed by atoms with E-state index >= 15 is 0 Å². The Morgan fingerprint density at radius 1 is 1.82 bits per heavy atom. The molecule has 1 aliphatic heterocycles. The maximum Gasteiger partial charge on any atom is 0.122 e. The van der Waals surface area contributed by atoms with Crippen LogP contribution in [0.4, 0.5) is 0 Å². The molecule has 1 aliphatic rings. The van der Waals surface area contributed by atoms with Gasteiger partial charge in [0.1, 0.15) is 6.10 Å². The van der Waals surface area contributed by atoms with E-state index in [1.165, 1.54) is 0 Å². The van der Waals surface area contributed by atoms with Crippen LogP contribution in [0.1, 0.15) is 13.3 Å². The van der Waals surface area contributed by atoms with Crippen molar-refractivity contribution in [2.45, 2.75) is 19.4 Å². The lowest BCUT2D eigenvalue weighted by atomic mass is 10.1. The molecule has 4 nitrogen and oxygen atoms in total. The van der Waals surface area contributed by atoms with E-state index in [1.807, 2.05) is 6.92 Å². The van der Waals surface area contributed by atoms with E-state index in [0.29, 0.717) is 32.0 Å². The summed E-state index contributed by atoms with van der Waals surface area (Å²) in [5.41, 5.74) is 0.693. The zero-order chi connectivity index (χ0) is 8.10. The number of hydrogen-bond donors (Lipinski definition) is 1. The third-order valence-electron chi connectivity index (χ3n) is 1.64. The van der Waals surface area contributed by atoms with E-state index in [0.717, 1.165) is 0 Å². The summed E-state index contributed by atoms with van der Waals surface area (Å²) in [5.74, 6) is 0. The van der Waals surface area contributed by atoms with Crippen LogP contribution >= 0.6 is 0 Å². The summed E-state index contributed by atoms with van der Waals surface area (Å²) in [7, 11) is 0. The summed E-state index contributed by atoms with van der Waals surface area (Å²) in [4.78, 5) is 0. The molecule has 1 unspecified atom stereocenters. The fourth-order valence-electron chi connectivity index (χ4n) is 1.08. The lowest BCUT2D eigenvalue weighted by Crippen LogP contribution is -2.35. The molecule has 64 valence electrons. The molecule has 1 heterocycles. The van der Waals surface area contributed by atoms with Crippen LogP contribution in [-0.4, -0.2) is 36.8 Å². The van der Waals surface area contributed by atoms with Crippen molar-refractivity contribution >= 4 is 5.71 Å². The van der Waals surface area contributed by atoms with Crippen LogP contribution in [0.15, 0.2) is 5.16 Å². The maximum atomic E-state index is 8.54. The topological polar surface area (TPSA) is 51.0 Å². The normalized spacial score (nSPS) is 29.2. The van der Waals surface area contributed by atoms with E-state index in [-0.39, 0.29) is 6.10 Å². The zero-order valence-electron chi connectivity index (χ0n) is 6.62. The Hall–Kier alpha value is -0.610. The highest BCUT2D eigenvalue weighted by atomic mass is 16.5. The molecule has 1 saturated heterocycles. The highest BCUT2D eigenvalue weighted by Gasteiger charge is 2.21. The molecule has 0 aromatic carbocycles. The second kappa shape index (κ2) is 4.31. The molecule has 0 aromatic rings. The molecular formula is C7H13NO3. The molecule has 11 heavy (non-hydrogen) atoms. The summed E-state index contributed by atoms with van der Waals surface area (Å²) in [6.45, 7) is 3.66. The summed E-state index contributed by atoms with van der Waals surface area (Å²) in [6.07, 6.45) is 0.528. The Balaban J connectivity index is 2.45. The molecule has 0 saturated carbocycles. The van der Waals surface area contributed by atoms with Crippen molar-refractivity contribution in [3.63, 3.8) is 0 Å². The molecule has 1 rings (SSSR count). The molecule has 1 atom stereocenters. The van der Waals surface area contributed by atoms with Crippen molar-refractivity contribution in [1.82, 2.24) is 0 Å². The molecule has 0 bridgehead atoms. The Kier molecular flexibility index (Phi) is 3.32. The molecule has 0 radical (unpaired) electrons. The second-order valence-corrected chi connectivity index (χ2v) is 2.36. The van der Waals surface area contributed by atoms with Crippen LogP contribution in [0.5, 0.6) is 0 Å². The summed E-state index contributed by atoms with van der Waals surface area (Å²) >= 11 is 0. The van der Waals surface area contributed by atoms with Gasteiger partial charge in [-0.05, 0) is 6.92 Å². The second-order valence-electron chi connectivity index (χ2n) is 2.36. The number of ether oxygens (including phenoxy) is 2. The van der Waals surface area contributed by atoms with Gasteiger partial charge < -0.3 is 14.7 Å². The first kappa shape index (κ1) is 8.49. The van der Waals surface area contributed by atoms with Crippen molar-refractivity contribution in [3.8, 4) is 0 Å². The lowest BCUT2D eigenvalue weighted by Gasteiger charge is -2.22. The highest BCUT2D eigenvalue weighted by molar-refractivity contribution is 5.89. The van der Waals surface area contributed by atoms with Crippen LogP contribution in [-0.2, 0) is 9.47 Å². The maximum absolute atomic E-state index is 8.54. The van der Waals surface area contributed by atoms with Crippen LogP contribution < -0.4 is 0 Å². The smallest absolute Gasteiger partial charge is 0.122 e. The quantitative estimate of drug-likeness (QED) is 0.475. The first-order chi connectivity index (χ1) is 5.38. The minimum absolute atomic E-state index is 0.140. The molecule has 1 fully saturated rings. The first-order valence-electron chi connectivity index (χ1n) is 3.78. The van der Waals surface area contributed by atoms with Crippen molar-refractivity contribution in [1.29, 1.82) is 0 Å². The van der Waals surface area contributed by atoms with Crippen LogP contribution in [0.2, 0.25) is 0 Å². The van der Waals surface area contributed by atoms with Crippen molar-refractivity contribution in [2.75, 3.05) is 19.8 Å². The van der Waals surface area contributed by atoms with Gasteiger partial charge in [0.25, 0.3) is 0 Å². The SMILES string of the molecule is CCOC1COCC/C1=N/O. The van der Waals surface area contributed by atoms with E-state index in [4.69, 9.17) is 14.7 Å². The fourth-order valence-corrected chi connectivity index (χ4v) is 1.08. The number of oxime groups is 1. The van der Waals surface area contributed by atoms with Gasteiger partial charge in [-0.2, -0.15) is 0 Å². The van der Waals surface area contributed by atoms with E-state index < -0.39 is 0 Å². The predicted molar refractivity (Wildman–Crippen MR) is 40.1 cm³/mol. The predicted octanol–water partition coefficient (Wildman–Crippen LogP) is 0.642. The van der Waals surface area contributed by atoms with Gasteiger partial charge >= 0.3 is 0 Å². The third-order valence-corrected chi connectivity index (χ3v) is 1.64. The highest BCUT2D eigenvalue weighted by Crippen LogP contribution is 2.07. The van der Waals surface area contributed by atoms with Crippen LogP contribution in [0.25, 0.3) is 0 Å². The van der Waals surface area contributed by atoms with Gasteiger partial charge in [-0.3, -0.25) is 0 Å². The molecule has 1 N–H and O–H groups in total. The molecule has 0 spiro atoms. The van der Waals surface area contributed by atoms with Gasteiger partial charge in [0.2, 0.25) is 0 Å². The third kappa shape index (κ3) is 2.17. The van der Waals surface area contributed by atoms with Gasteiger partial charge in [-0.15, -0.1) is 0 Å². The van der Waals surface area contributed by atoms with Gasteiger partial charge in [0.15, 0.2) is 0 Å². The van der Waals surface area contributed by atoms with Gasteiger partial charge in [0.05, 0.1) is 18.9 Å². The fraction of sp³-hybridized carbons (Fsp3) is 0.857. The summed E-state index contributed by atoms with van der Waals surface area (Å²) in [5, 5.41) is 11.7.